The van der Waals surface area contributed by atoms with E-state index < -0.39 is 10.9 Å². The maximum absolute atomic E-state index is 11.0. The van der Waals surface area contributed by atoms with E-state index in [1.165, 1.54) is 30.3 Å². The van der Waals surface area contributed by atoms with E-state index in [4.69, 9.17) is 21.4 Å². The molecule has 1 N–H and O–H groups in total. The fourth-order valence-corrected chi connectivity index (χ4v) is 1.84. The number of nitrogens with zero attached hydrogens (tertiary/aromatic N) is 1. The molecule has 6 nitrogen and oxygen atoms in total. The summed E-state index contributed by atoms with van der Waals surface area (Å²) in [4.78, 5) is 21.3. The molecule has 0 unspecified atom stereocenters. The van der Waals surface area contributed by atoms with Crippen molar-refractivity contribution in [1.29, 1.82) is 0 Å². The number of carboxylic acid groups (broad SMARTS) is 1. The highest BCUT2D eigenvalue weighted by Gasteiger charge is 2.17. The van der Waals surface area contributed by atoms with Gasteiger partial charge in [-0.05, 0) is 30.7 Å². The van der Waals surface area contributed by atoms with E-state index in [1.54, 1.807) is 13.0 Å². The molecule has 0 saturated heterocycles. The molecule has 21 heavy (non-hydrogen) atoms. The molecule has 0 bridgehead atoms. The third-order valence-electron chi connectivity index (χ3n) is 2.77. The zero-order chi connectivity index (χ0) is 15.6. The van der Waals surface area contributed by atoms with Gasteiger partial charge in [0.1, 0.15) is 5.75 Å². The normalized spacial score (nSPS) is 10.2. The molecule has 0 atom stereocenters. The van der Waals surface area contributed by atoms with Crippen molar-refractivity contribution in [3.8, 4) is 11.5 Å². The Bertz CT molecular complexity index is 729. The maximum atomic E-state index is 11.0. The van der Waals surface area contributed by atoms with Crippen LogP contribution in [0.4, 0.5) is 5.69 Å². The number of ether oxygens (including phenoxy) is 1. The van der Waals surface area contributed by atoms with Crippen molar-refractivity contribution < 1.29 is 19.6 Å². The van der Waals surface area contributed by atoms with Crippen LogP contribution < -0.4 is 4.74 Å². The number of nitro benzene ring substituents is 1. The minimum Gasteiger partial charge on any atom is -0.478 e. The van der Waals surface area contributed by atoms with Crippen LogP contribution in [0.25, 0.3) is 0 Å². The number of carboxylic acids is 1. The minimum absolute atomic E-state index is 0.0280. The molecule has 0 saturated carbocycles. The van der Waals surface area contributed by atoms with Crippen LogP contribution in [-0.2, 0) is 0 Å². The van der Waals surface area contributed by atoms with Gasteiger partial charge in [0.25, 0.3) is 0 Å². The zero-order valence-corrected chi connectivity index (χ0v) is 11.6. The topological polar surface area (TPSA) is 89.7 Å². The standard InChI is InChI=1S/C14H10ClNO5/c1-8-2-3-9(14(17)18)6-12(8)21-13-7-10(15)4-5-11(13)16(19)20/h2-7H,1H3,(H,17,18). The molecule has 108 valence electrons. The van der Waals surface area contributed by atoms with Gasteiger partial charge < -0.3 is 9.84 Å². The molecule has 0 heterocycles. The number of benzene rings is 2. The Hall–Kier alpha value is -2.60. The van der Waals surface area contributed by atoms with Gasteiger partial charge in [-0.1, -0.05) is 17.7 Å². The molecule has 0 aromatic heterocycles. The molecule has 0 spiro atoms. The summed E-state index contributed by atoms with van der Waals surface area (Å²) in [5.74, 6) is -0.932. The summed E-state index contributed by atoms with van der Waals surface area (Å²) in [6.07, 6.45) is 0. The van der Waals surface area contributed by atoms with Crippen LogP contribution in [0.1, 0.15) is 15.9 Å². The largest absolute Gasteiger partial charge is 0.478 e. The SMILES string of the molecule is Cc1ccc(C(=O)O)cc1Oc1cc(Cl)ccc1[N+](=O)[O-]. The summed E-state index contributed by atoms with van der Waals surface area (Å²) in [6, 6.07) is 8.22. The lowest BCUT2D eigenvalue weighted by molar-refractivity contribution is -0.385. The van der Waals surface area contributed by atoms with Gasteiger partial charge in [0.15, 0.2) is 0 Å². The average Bonchev–Trinajstić information content (AvgIpc) is 2.40. The maximum Gasteiger partial charge on any atom is 0.335 e. The van der Waals surface area contributed by atoms with Crippen LogP contribution in [0.3, 0.4) is 0 Å². The lowest BCUT2D eigenvalue weighted by atomic mass is 10.1. The molecule has 0 aliphatic rings. The van der Waals surface area contributed by atoms with Crippen molar-refractivity contribution in [3.63, 3.8) is 0 Å². The Morgan fingerprint density at radius 1 is 1.24 bits per heavy atom. The molecule has 2 aromatic rings. The van der Waals surface area contributed by atoms with Crippen molar-refractivity contribution >= 4 is 23.3 Å². The monoisotopic (exact) mass is 307 g/mol. The number of nitro groups is 1. The van der Waals surface area contributed by atoms with Gasteiger partial charge in [-0.2, -0.15) is 0 Å². The highest BCUT2D eigenvalue weighted by molar-refractivity contribution is 6.30. The van der Waals surface area contributed by atoms with Crippen LogP contribution in [0.2, 0.25) is 5.02 Å². The first-order chi connectivity index (χ1) is 9.88. The average molecular weight is 308 g/mol. The zero-order valence-electron chi connectivity index (χ0n) is 10.9. The van der Waals surface area contributed by atoms with Crippen LogP contribution in [0.15, 0.2) is 36.4 Å². The lowest BCUT2D eigenvalue weighted by Crippen LogP contribution is -1.99. The van der Waals surface area contributed by atoms with Crippen molar-refractivity contribution in [2.45, 2.75) is 6.92 Å². The van der Waals surface area contributed by atoms with Gasteiger partial charge in [-0.3, -0.25) is 10.1 Å². The molecule has 0 fully saturated rings. The molecule has 2 rings (SSSR count). The van der Waals surface area contributed by atoms with Gasteiger partial charge in [0.2, 0.25) is 5.75 Å². The van der Waals surface area contributed by atoms with Crippen LogP contribution in [0, 0.1) is 17.0 Å². The van der Waals surface area contributed by atoms with Crippen LogP contribution >= 0.6 is 11.6 Å². The number of halogens is 1. The van der Waals surface area contributed by atoms with E-state index in [0.29, 0.717) is 5.56 Å². The Morgan fingerprint density at radius 3 is 2.57 bits per heavy atom. The summed E-state index contributed by atoms with van der Waals surface area (Å²) < 4.78 is 5.48. The minimum atomic E-state index is -1.11. The number of rotatable bonds is 4. The fraction of sp³-hybridized carbons (Fsp3) is 0.0714. The Kier molecular flexibility index (Phi) is 4.09. The highest BCUT2D eigenvalue weighted by atomic mass is 35.5. The van der Waals surface area contributed by atoms with Gasteiger partial charge in [0.05, 0.1) is 10.5 Å². The Morgan fingerprint density at radius 2 is 1.95 bits per heavy atom. The summed E-state index contributed by atoms with van der Waals surface area (Å²) >= 11 is 5.81. The molecule has 0 radical (unpaired) electrons. The van der Waals surface area contributed by atoms with E-state index in [9.17, 15) is 14.9 Å². The number of carbonyl (C=O) groups is 1. The smallest absolute Gasteiger partial charge is 0.335 e. The quantitative estimate of drug-likeness (QED) is 0.680. The molecular weight excluding hydrogens is 298 g/mol. The van der Waals surface area contributed by atoms with E-state index in [1.807, 2.05) is 0 Å². The molecule has 0 amide bonds. The lowest BCUT2D eigenvalue weighted by Gasteiger charge is -2.10. The predicted molar refractivity (Wildman–Crippen MR) is 76.3 cm³/mol. The number of aromatic carboxylic acids is 1. The molecule has 7 heteroatoms. The summed E-state index contributed by atoms with van der Waals surface area (Å²) in [6.45, 7) is 1.71. The summed E-state index contributed by atoms with van der Waals surface area (Å²) in [5.41, 5.74) is 0.425. The van der Waals surface area contributed by atoms with Gasteiger partial charge >= 0.3 is 11.7 Å². The molecule has 0 aliphatic heterocycles. The second-order valence-corrected chi connectivity index (χ2v) is 4.69. The molecule has 2 aromatic carbocycles. The third kappa shape index (κ3) is 3.29. The van der Waals surface area contributed by atoms with Gasteiger partial charge in [0, 0.05) is 17.2 Å². The number of aryl methyl sites for hydroxylation is 1. The number of hydrogen-bond acceptors (Lipinski definition) is 4. The van der Waals surface area contributed by atoms with Crippen molar-refractivity contribution in [2.24, 2.45) is 0 Å². The van der Waals surface area contributed by atoms with E-state index in [0.717, 1.165) is 0 Å². The second-order valence-electron chi connectivity index (χ2n) is 4.26. The number of hydrogen-bond donors (Lipinski definition) is 1. The molecule has 0 aliphatic carbocycles. The Labute approximate surface area is 124 Å². The first-order valence-corrected chi connectivity index (χ1v) is 6.22. The summed E-state index contributed by atoms with van der Waals surface area (Å²) in [7, 11) is 0. The highest BCUT2D eigenvalue weighted by Crippen LogP contribution is 2.35. The first-order valence-electron chi connectivity index (χ1n) is 5.84. The van der Waals surface area contributed by atoms with Crippen LogP contribution in [-0.4, -0.2) is 16.0 Å². The van der Waals surface area contributed by atoms with E-state index >= 15 is 0 Å². The van der Waals surface area contributed by atoms with Crippen molar-refractivity contribution in [2.75, 3.05) is 0 Å². The second kappa shape index (κ2) is 5.80. The van der Waals surface area contributed by atoms with Crippen molar-refractivity contribution in [3.05, 3.63) is 62.7 Å². The van der Waals surface area contributed by atoms with E-state index in [2.05, 4.69) is 0 Å². The van der Waals surface area contributed by atoms with Gasteiger partial charge in [-0.15, -0.1) is 0 Å². The predicted octanol–water partition coefficient (Wildman–Crippen LogP) is 4.05. The first kappa shape index (κ1) is 14.8. The third-order valence-corrected chi connectivity index (χ3v) is 3.01. The fourth-order valence-electron chi connectivity index (χ4n) is 1.68. The van der Waals surface area contributed by atoms with Gasteiger partial charge in [-0.25, -0.2) is 4.79 Å². The summed E-state index contributed by atoms with van der Waals surface area (Å²) in [5, 5.41) is 20.2. The van der Waals surface area contributed by atoms with E-state index in [-0.39, 0.29) is 27.8 Å². The van der Waals surface area contributed by atoms with Crippen molar-refractivity contribution in [1.82, 2.24) is 0 Å². The Balaban J connectivity index is 2.47. The van der Waals surface area contributed by atoms with Crippen LogP contribution in [0.5, 0.6) is 11.5 Å². The molecular formula is C14H10ClNO5.